The summed E-state index contributed by atoms with van der Waals surface area (Å²) in [5.41, 5.74) is 9.31. The second-order valence-electron chi connectivity index (χ2n) is 4.05. The standard InChI is InChI=1S/C14H12N4S/c15-11-2-1-3-12(6-11)18-14-8-16-13(7-17-14)10-4-5-19-9-10/h1-9H,15H2,(H,17,18). The van der Waals surface area contributed by atoms with Crippen molar-refractivity contribution in [1.82, 2.24) is 9.97 Å². The SMILES string of the molecule is Nc1cccc(Nc2cnc(-c3ccsc3)cn2)c1. The van der Waals surface area contributed by atoms with Crippen LogP contribution in [-0.4, -0.2) is 9.97 Å². The average molecular weight is 268 g/mol. The van der Waals surface area contributed by atoms with Gasteiger partial charge in [-0.1, -0.05) is 6.07 Å². The normalized spacial score (nSPS) is 10.3. The molecule has 0 aliphatic heterocycles. The van der Waals surface area contributed by atoms with Gasteiger partial charge in [-0.05, 0) is 29.6 Å². The number of nitrogens with one attached hydrogen (secondary N) is 1. The number of thiophene rings is 1. The van der Waals surface area contributed by atoms with E-state index in [-0.39, 0.29) is 0 Å². The lowest BCUT2D eigenvalue weighted by Crippen LogP contribution is -1.96. The molecule has 0 radical (unpaired) electrons. The van der Waals surface area contributed by atoms with E-state index in [0.29, 0.717) is 11.5 Å². The van der Waals surface area contributed by atoms with Gasteiger partial charge in [-0.3, -0.25) is 4.98 Å². The van der Waals surface area contributed by atoms with Crippen molar-refractivity contribution < 1.29 is 0 Å². The van der Waals surface area contributed by atoms with Gasteiger partial charge in [0.15, 0.2) is 0 Å². The first-order chi connectivity index (χ1) is 9.31. The average Bonchev–Trinajstić information content (AvgIpc) is 2.94. The molecule has 2 aromatic heterocycles. The molecule has 0 atom stereocenters. The molecule has 0 spiro atoms. The van der Waals surface area contributed by atoms with Crippen LogP contribution in [0.15, 0.2) is 53.5 Å². The van der Waals surface area contributed by atoms with Crippen molar-refractivity contribution in [3.8, 4) is 11.3 Å². The highest BCUT2D eigenvalue weighted by Crippen LogP contribution is 2.21. The summed E-state index contributed by atoms with van der Waals surface area (Å²) in [4.78, 5) is 8.74. The summed E-state index contributed by atoms with van der Waals surface area (Å²) < 4.78 is 0. The highest BCUT2D eigenvalue weighted by Gasteiger charge is 2.01. The van der Waals surface area contributed by atoms with Gasteiger partial charge in [0.1, 0.15) is 5.82 Å². The number of hydrogen-bond acceptors (Lipinski definition) is 5. The molecule has 5 heteroatoms. The van der Waals surface area contributed by atoms with Gasteiger partial charge < -0.3 is 11.1 Å². The number of nitrogen functional groups attached to an aromatic ring is 1. The smallest absolute Gasteiger partial charge is 0.148 e. The second-order valence-corrected chi connectivity index (χ2v) is 4.83. The maximum Gasteiger partial charge on any atom is 0.148 e. The van der Waals surface area contributed by atoms with Gasteiger partial charge in [0.05, 0.1) is 18.1 Å². The van der Waals surface area contributed by atoms with Crippen LogP contribution in [0.4, 0.5) is 17.2 Å². The monoisotopic (exact) mass is 268 g/mol. The lowest BCUT2D eigenvalue weighted by Gasteiger charge is -2.06. The molecule has 0 amide bonds. The number of benzene rings is 1. The van der Waals surface area contributed by atoms with Gasteiger partial charge in [-0.15, -0.1) is 0 Å². The summed E-state index contributed by atoms with van der Waals surface area (Å²) in [6.45, 7) is 0. The Kier molecular flexibility index (Phi) is 3.12. The van der Waals surface area contributed by atoms with E-state index in [4.69, 9.17) is 5.73 Å². The van der Waals surface area contributed by atoms with Crippen molar-refractivity contribution in [3.63, 3.8) is 0 Å². The van der Waals surface area contributed by atoms with Gasteiger partial charge in [0.25, 0.3) is 0 Å². The molecular formula is C14H12N4S. The highest BCUT2D eigenvalue weighted by atomic mass is 32.1. The molecule has 0 saturated carbocycles. The van der Waals surface area contributed by atoms with Crippen molar-refractivity contribution in [2.75, 3.05) is 11.1 Å². The second kappa shape index (κ2) is 5.07. The Bertz CT molecular complexity index is 662. The summed E-state index contributed by atoms with van der Waals surface area (Å²) in [6.07, 6.45) is 3.48. The number of rotatable bonds is 3. The fourth-order valence-electron chi connectivity index (χ4n) is 1.72. The van der Waals surface area contributed by atoms with Crippen molar-refractivity contribution in [2.45, 2.75) is 0 Å². The molecular weight excluding hydrogens is 256 g/mol. The van der Waals surface area contributed by atoms with Crippen molar-refractivity contribution in [3.05, 3.63) is 53.5 Å². The van der Waals surface area contributed by atoms with Crippen molar-refractivity contribution in [1.29, 1.82) is 0 Å². The lowest BCUT2D eigenvalue weighted by atomic mass is 10.2. The number of hydrogen-bond donors (Lipinski definition) is 2. The minimum absolute atomic E-state index is 0.699. The zero-order chi connectivity index (χ0) is 13.1. The van der Waals surface area contributed by atoms with Crippen LogP contribution in [0.1, 0.15) is 0 Å². The molecule has 19 heavy (non-hydrogen) atoms. The fourth-order valence-corrected chi connectivity index (χ4v) is 2.37. The summed E-state index contributed by atoms with van der Waals surface area (Å²) in [6, 6.07) is 9.56. The molecule has 0 aliphatic carbocycles. The van der Waals surface area contributed by atoms with Crippen LogP contribution < -0.4 is 11.1 Å². The van der Waals surface area contributed by atoms with Crippen LogP contribution in [0.2, 0.25) is 0 Å². The maximum atomic E-state index is 5.73. The molecule has 4 nitrogen and oxygen atoms in total. The fraction of sp³-hybridized carbons (Fsp3) is 0. The van der Waals surface area contributed by atoms with E-state index in [0.717, 1.165) is 16.9 Å². The Morgan fingerprint density at radius 3 is 2.74 bits per heavy atom. The summed E-state index contributed by atoms with van der Waals surface area (Å²) in [7, 11) is 0. The van der Waals surface area contributed by atoms with E-state index in [1.54, 1.807) is 23.7 Å². The molecule has 3 N–H and O–H groups in total. The number of anilines is 3. The Labute approximate surface area is 115 Å². The molecule has 0 aliphatic rings. The first-order valence-corrected chi connectivity index (χ1v) is 6.73. The largest absolute Gasteiger partial charge is 0.399 e. The van der Waals surface area contributed by atoms with Gasteiger partial charge in [-0.2, -0.15) is 11.3 Å². The van der Waals surface area contributed by atoms with Gasteiger partial charge in [-0.25, -0.2) is 4.98 Å². The van der Waals surface area contributed by atoms with Crippen LogP contribution in [-0.2, 0) is 0 Å². The van der Waals surface area contributed by atoms with E-state index in [9.17, 15) is 0 Å². The molecule has 2 heterocycles. The van der Waals surface area contributed by atoms with Gasteiger partial charge in [0, 0.05) is 22.3 Å². The third-order valence-corrected chi connectivity index (χ3v) is 3.31. The molecule has 0 saturated heterocycles. The molecule has 3 rings (SSSR count). The summed E-state index contributed by atoms with van der Waals surface area (Å²) in [5, 5.41) is 7.24. The minimum Gasteiger partial charge on any atom is -0.399 e. The van der Waals surface area contributed by atoms with Crippen LogP contribution in [0, 0.1) is 0 Å². The summed E-state index contributed by atoms with van der Waals surface area (Å²) in [5.74, 6) is 0.699. The van der Waals surface area contributed by atoms with E-state index in [2.05, 4.69) is 20.7 Å². The predicted octanol–water partition coefficient (Wildman–Crippen LogP) is 3.53. The third kappa shape index (κ3) is 2.71. The van der Waals surface area contributed by atoms with Gasteiger partial charge >= 0.3 is 0 Å². The zero-order valence-electron chi connectivity index (χ0n) is 10.1. The van der Waals surface area contributed by atoms with Crippen molar-refractivity contribution >= 4 is 28.5 Å². The molecule has 1 aromatic carbocycles. The van der Waals surface area contributed by atoms with Crippen LogP contribution in [0.5, 0.6) is 0 Å². The molecule has 3 aromatic rings. The molecule has 94 valence electrons. The highest BCUT2D eigenvalue weighted by molar-refractivity contribution is 7.08. The Hall–Kier alpha value is -2.40. The topological polar surface area (TPSA) is 63.8 Å². The van der Waals surface area contributed by atoms with Gasteiger partial charge in [0.2, 0.25) is 0 Å². The van der Waals surface area contributed by atoms with E-state index >= 15 is 0 Å². The lowest BCUT2D eigenvalue weighted by molar-refractivity contribution is 1.20. The van der Waals surface area contributed by atoms with E-state index in [1.165, 1.54) is 0 Å². The first kappa shape index (κ1) is 11.7. The predicted molar refractivity (Wildman–Crippen MR) is 79.5 cm³/mol. The molecule has 0 unspecified atom stereocenters. The van der Waals surface area contributed by atoms with E-state index < -0.39 is 0 Å². The number of aromatic nitrogens is 2. The Morgan fingerprint density at radius 2 is 2.05 bits per heavy atom. The van der Waals surface area contributed by atoms with Crippen LogP contribution in [0.25, 0.3) is 11.3 Å². The number of nitrogens with two attached hydrogens (primary N) is 1. The van der Waals surface area contributed by atoms with E-state index in [1.807, 2.05) is 35.7 Å². The summed E-state index contributed by atoms with van der Waals surface area (Å²) >= 11 is 1.65. The Morgan fingerprint density at radius 1 is 1.11 bits per heavy atom. The first-order valence-electron chi connectivity index (χ1n) is 5.78. The number of nitrogens with zero attached hydrogens (tertiary/aromatic N) is 2. The van der Waals surface area contributed by atoms with Crippen LogP contribution >= 0.6 is 11.3 Å². The minimum atomic E-state index is 0.699. The maximum absolute atomic E-state index is 5.73. The molecule has 0 bridgehead atoms. The van der Waals surface area contributed by atoms with Crippen molar-refractivity contribution in [2.24, 2.45) is 0 Å². The quantitative estimate of drug-likeness (QED) is 0.713. The van der Waals surface area contributed by atoms with Crippen LogP contribution in [0.3, 0.4) is 0 Å². The zero-order valence-corrected chi connectivity index (χ0v) is 10.9. The Balaban J connectivity index is 1.80. The third-order valence-electron chi connectivity index (χ3n) is 2.63. The molecule has 0 fully saturated rings.